The van der Waals surface area contributed by atoms with Gasteiger partial charge in [0.25, 0.3) is 5.91 Å². The highest BCUT2D eigenvalue weighted by Crippen LogP contribution is 2.21. The second-order valence-corrected chi connectivity index (χ2v) is 7.41. The van der Waals surface area contributed by atoms with Crippen LogP contribution < -0.4 is 10.6 Å². The van der Waals surface area contributed by atoms with Crippen molar-refractivity contribution in [2.45, 2.75) is 11.8 Å². The zero-order valence-electron chi connectivity index (χ0n) is 14.1. The first-order valence-corrected chi connectivity index (χ1v) is 9.77. The number of rotatable bonds is 6. The summed E-state index contributed by atoms with van der Waals surface area (Å²) >= 11 is 2.82. The topological polar surface area (TPSA) is 71.1 Å². The highest BCUT2D eigenvalue weighted by atomic mass is 32.2. The summed E-state index contributed by atoms with van der Waals surface area (Å²) < 4.78 is 0. The Morgan fingerprint density at radius 1 is 1.08 bits per heavy atom. The number of hydrogen-bond acceptors (Lipinski definition) is 5. The van der Waals surface area contributed by atoms with Crippen LogP contribution in [0.25, 0.3) is 0 Å². The lowest BCUT2D eigenvalue weighted by Gasteiger charge is -2.08. The third-order valence-electron chi connectivity index (χ3n) is 3.55. The van der Waals surface area contributed by atoms with Crippen molar-refractivity contribution in [2.24, 2.45) is 0 Å². The molecule has 0 unspecified atom stereocenters. The summed E-state index contributed by atoms with van der Waals surface area (Å²) in [4.78, 5) is 29.1. The van der Waals surface area contributed by atoms with Crippen LogP contribution in [0, 0.1) is 6.92 Å². The van der Waals surface area contributed by atoms with E-state index in [0.29, 0.717) is 16.4 Å². The molecule has 0 bridgehead atoms. The number of benzene rings is 2. The fourth-order valence-corrected chi connectivity index (χ4v) is 3.49. The van der Waals surface area contributed by atoms with Crippen molar-refractivity contribution >= 4 is 45.7 Å². The van der Waals surface area contributed by atoms with Crippen LogP contribution in [0.5, 0.6) is 0 Å². The second-order valence-electron chi connectivity index (χ2n) is 5.47. The van der Waals surface area contributed by atoms with E-state index >= 15 is 0 Å². The van der Waals surface area contributed by atoms with E-state index < -0.39 is 0 Å². The number of hydrogen-bond donors (Lipinski definition) is 2. The van der Waals surface area contributed by atoms with E-state index in [4.69, 9.17) is 0 Å². The number of carbonyl (C=O) groups excluding carboxylic acids is 2. The van der Waals surface area contributed by atoms with E-state index in [1.165, 1.54) is 23.1 Å². The summed E-state index contributed by atoms with van der Waals surface area (Å²) in [5.41, 5.74) is 2.31. The number of amides is 2. The van der Waals surface area contributed by atoms with Gasteiger partial charge in [-0.2, -0.15) is 0 Å². The number of thiazole rings is 1. The number of anilines is 2. The molecule has 0 spiro atoms. The van der Waals surface area contributed by atoms with Crippen LogP contribution in [-0.2, 0) is 4.79 Å². The van der Waals surface area contributed by atoms with Gasteiger partial charge in [-0.3, -0.25) is 9.59 Å². The van der Waals surface area contributed by atoms with E-state index in [1.54, 1.807) is 12.3 Å². The third-order valence-corrected chi connectivity index (χ3v) is 5.25. The molecule has 1 heterocycles. The fourth-order valence-electron chi connectivity index (χ4n) is 2.25. The molecule has 0 saturated carbocycles. The normalized spacial score (nSPS) is 10.3. The summed E-state index contributed by atoms with van der Waals surface area (Å²) in [5, 5.41) is 8.04. The summed E-state index contributed by atoms with van der Waals surface area (Å²) in [6.07, 6.45) is 1.65. The lowest BCUT2D eigenvalue weighted by Crippen LogP contribution is -2.14. The Morgan fingerprint density at radius 3 is 2.54 bits per heavy atom. The van der Waals surface area contributed by atoms with Gasteiger partial charge in [-0.05, 0) is 42.8 Å². The average Bonchev–Trinajstić information content (AvgIpc) is 3.14. The highest BCUT2D eigenvalue weighted by Gasteiger charge is 2.09. The molecular formula is C19H17N3O2S2. The first-order valence-electron chi connectivity index (χ1n) is 7.91. The first-order chi connectivity index (χ1) is 12.6. The zero-order valence-corrected chi connectivity index (χ0v) is 15.7. The fraction of sp³-hybridized carbons (Fsp3) is 0.105. The number of nitrogens with one attached hydrogen (secondary N) is 2. The smallest absolute Gasteiger partial charge is 0.255 e. The average molecular weight is 383 g/mol. The summed E-state index contributed by atoms with van der Waals surface area (Å²) in [6.45, 7) is 1.91. The molecule has 3 rings (SSSR count). The van der Waals surface area contributed by atoms with Crippen molar-refractivity contribution in [3.05, 3.63) is 71.2 Å². The molecule has 0 atom stereocenters. The molecule has 7 heteroatoms. The Labute approximate surface area is 159 Å². The number of nitrogens with zero attached hydrogens (tertiary/aromatic N) is 1. The van der Waals surface area contributed by atoms with Crippen LogP contribution in [0.2, 0.25) is 0 Å². The number of carbonyl (C=O) groups is 2. The van der Waals surface area contributed by atoms with Crippen LogP contribution in [0.3, 0.4) is 0 Å². The van der Waals surface area contributed by atoms with Gasteiger partial charge in [0.15, 0.2) is 5.13 Å². The predicted molar refractivity (Wildman–Crippen MR) is 107 cm³/mol. The molecule has 132 valence electrons. The van der Waals surface area contributed by atoms with E-state index in [9.17, 15) is 9.59 Å². The van der Waals surface area contributed by atoms with Crippen LogP contribution in [-0.4, -0.2) is 22.6 Å². The van der Waals surface area contributed by atoms with Crippen LogP contribution in [0.1, 0.15) is 15.9 Å². The summed E-state index contributed by atoms with van der Waals surface area (Å²) in [7, 11) is 0. The second kappa shape index (κ2) is 8.64. The van der Waals surface area contributed by atoms with Crippen LogP contribution in [0.4, 0.5) is 10.8 Å². The Hall–Kier alpha value is -2.64. The van der Waals surface area contributed by atoms with Gasteiger partial charge in [0.1, 0.15) is 0 Å². The van der Waals surface area contributed by atoms with Gasteiger partial charge < -0.3 is 10.6 Å². The number of aryl methyl sites for hydroxylation is 1. The van der Waals surface area contributed by atoms with Crippen molar-refractivity contribution in [2.75, 3.05) is 16.4 Å². The maximum absolute atomic E-state index is 12.3. The van der Waals surface area contributed by atoms with E-state index in [-0.39, 0.29) is 11.8 Å². The maximum Gasteiger partial charge on any atom is 0.255 e. The Morgan fingerprint density at radius 2 is 1.85 bits per heavy atom. The molecule has 2 amide bonds. The molecule has 0 fully saturated rings. The van der Waals surface area contributed by atoms with Gasteiger partial charge in [-0.1, -0.05) is 18.2 Å². The van der Waals surface area contributed by atoms with Gasteiger partial charge in [0, 0.05) is 27.7 Å². The molecule has 3 aromatic rings. The van der Waals surface area contributed by atoms with Crippen LogP contribution in [0.15, 0.2) is 65.0 Å². The molecule has 26 heavy (non-hydrogen) atoms. The lowest BCUT2D eigenvalue weighted by molar-refractivity contribution is -0.113. The Bertz CT molecular complexity index is 893. The van der Waals surface area contributed by atoms with Gasteiger partial charge in [0.2, 0.25) is 5.91 Å². The largest absolute Gasteiger partial charge is 0.322 e. The molecule has 1 aromatic heterocycles. The van der Waals surface area contributed by atoms with Gasteiger partial charge in [-0.15, -0.1) is 23.1 Å². The lowest BCUT2D eigenvalue weighted by atomic mass is 10.1. The molecule has 2 aromatic carbocycles. The predicted octanol–water partition coefficient (Wildman–Crippen LogP) is 4.43. The SMILES string of the molecule is Cc1ccccc1C(=O)Nc1ccc(SCC(=O)Nc2nccs2)cc1. The van der Waals surface area contributed by atoms with E-state index in [1.807, 2.05) is 54.8 Å². The molecule has 0 saturated heterocycles. The highest BCUT2D eigenvalue weighted by molar-refractivity contribution is 8.00. The van der Waals surface area contributed by atoms with Crippen molar-refractivity contribution in [1.29, 1.82) is 0 Å². The van der Waals surface area contributed by atoms with Gasteiger partial charge >= 0.3 is 0 Å². The Balaban J connectivity index is 1.52. The standard InChI is InChI=1S/C19H17N3O2S2/c1-13-4-2-3-5-16(13)18(24)21-14-6-8-15(9-7-14)26-12-17(23)22-19-20-10-11-25-19/h2-11H,12H2,1H3,(H,21,24)(H,20,22,23). The van der Waals surface area contributed by atoms with Crippen LogP contribution >= 0.6 is 23.1 Å². The molecule has 5 nitrogen and oxygen atoms in total. The minimum absolute atomic E-state index is 0.0955. The zero-order chi connectivity index (χ0) is 18.4. The quantitative estimate of drug-likeness (QED) is 0.618. The number of thioether (sulfide) groups is 1. The third kappa shape index (κ3) is 4.93. The molecular weight excluding hydrogens is 366 g/mol. The Kier molecular flexibility index (Phi) is 6.04. The van der Waals surface area contributed by atoms with Crippen molar-refractivity contribution in [3.63, 3.8) is 0 Å². The molecule has 0 aliphatic heterocycles. The molecule has 2 N–H and O–H groups in total. The molecule has 0 aliphatic rings. The summed E-state index contributed by atoms with van der Waals surface area (Å²) in [5.74, 6) is 0.0716. The van der Waals surface area contributed by atoms with Gasteiger partial charge in [0.05, 0.1) is 5.75 Å². The first kappa shape index (κ1) is 18.2. The molecule has 0 radical (unpaired) electrons. The minimum Gasteiger partial charge on any atom is -0.322 e. The van der Waals surface area contributed by atoms with E-state index in [0.717, 1.165) is 16.1 Å². The van der Waals surface area contributed by atoms with E-state index in [2.05, 4.69) is 15.6 Å². The number of aromatic nitrogens is 1. The maximum atomic E-state index is 12.3. The van der Waals surface area contributed by atoms with Gasteiger partial charge in [-0.25, -0.2) is 4.98 Å². The van der Waals surface area contributed by atoms with Crippen molar-refractivity contribution in [1.82, 2.24) is 4.98 Å². The van der Waals surface area contributed by atoms with Crippen molar-refractivity contribution < 1.29 is 9.59 Å². The van der Waals surface area contributed by atoms with Crippen molar-refractivity contribution in [3.8, 4) is 0 Å². The minimum atomic E-state index is -0.133. The monoisotopic (exact) mass is 383 g/mol. The molecule has 0 aliphatic carbocycles. The summed E-state index contributed by atoms with van der Waals surface area (Å²) in [6, 6.07) is 14.9.